The zero-order valence-corrected chi connectivity index (χ0v) is 23.6. The summed E-state index contributed by atoms with van der Waals surface area (Å²) in [4.78, 5) is 40.3. The molecule has 4 fully saturated rings. The molecular weight excluding hydrogens is 573 g/mol. The van der Waals surface area contributed by atoms with Gasteiger partial charge in [-0.25, -0.2) is 17.2 Å². The van der Waals surface area contributed by atoms with Gasteiger partial charge in [-0.15, -0.1) is 0 Å². The topological polar surface area (TPSA) is 125 Å². The number of rotatable bonds is 9. The molecular formula is C26H32ClF3N4O5S. The second kappa shape index (κ2) is 11.6. The van der Waals surface area contributed by atoms with Gasteiger partial charge < -0.3 is 20.9 Å². The van der Waals surface area contributed by atoms with Crippen molar-refractivity contribution in [2.24, 2.45) is 11.8 Å². The molecule has 5 atom stereocenters. The number of hydrogen-bond acceptors (Lipinski definition) is 6. The Bertz CT molecular complexity index is 1330. The first-order valence-corrected chi connectivity index (χ1v) is 15.3. The number of hydrogen-bond donors (Lipinski definition) is 3. The van der Waals surface area contributed by atoms with E-state index in [0.29, 0.717) is 48.0 Å². The maximum atomic E-state index is 15.0. The Labute approximate surface area is 235 Å². The highest BCUT2D eigenvalue weighted by Crippen LogP contribution is 2.49. The molecule has 3 aliphatic heterocycles. The van der Waals surface area contributed by atoms with E-state index in [1.54, 1.807) is 25.1 Å². The number of fused-ring (bicyclic) bond motifs is 3. The van der Waals surface area contributed by atoms with Crippen molar-refractivity contribution >= 4 is 44.8 Å². The molecule has 0 spiro atoms. The molecule has 5 rings (SSSR count). The zero-order valence-electron chi connectivity index (χ0n) is 22.1. The van der Waals surface area contributed by atoms with Crippen LogP contribution in [0.4, 0.5) is 18.9 Å². The van der Waals surface area contributed by atoms with E-state index in [-0.39, 0.29) is 25.3 Å². The lowest BCUT2D eigenvalue weighted by molar-refractivity contribution is -0.193. The molecule has 14 heteroatoms. The van der Waals surface area contributed by atoms with Crippen molar-refractivity contribution in [3.63, 3.8) is 0 Å². The average Bonchev–Trinajstić information content (AvgIpc) is 3.27. The van der Waals surface area contributed by atoms with Crippen molar-refractivity contribution in [1.29, 1.82) is 0 Å². The number of nitrogens with one attached hydrogen (secondary N) is 3. The standard InChI is InChI=1S/C26H32ClF3N4O5S/c1-14-19(27)4-3-5-20(14)32-13-22(35)34-17-6-7-18(26(29,30)12-17)23(34)25(37)33-16(11-21(28)40(2,38)39)10-15-8-9-31-24(15)36/h3-5,11,15-18,23,32H,6-10,12-13H2,1-2H3,(H,31,36)(H,33,37)/b21-11+/t15-,16+,17-,18-,23+/m0/s1. The van der Waals surface area contributed by atoms with Gasteiger partial charge in [-0.2, -0.15) is 4.39 Å². The number of nitrogens with zero attached hydrogens (tertiary/aromatic N) is 1. The number of benzene rings is 1. The highest BCUT2D eigenvalue weighted by atomic mass is 35.5. The first kappa shape index (κ1) is 30.2. The van der Waals surface area contributed by atoms with Crippen LogP contribution in [0.1, 0.15) is 37.7 Å². The van der Waals surface area contributed by atoms with E-state index in [1.807, 2.05) is 0 Å². The summed E-state index contributed by atoms with van der Waals surface area (Å²) >= 11 is 6.14. The molecule has 3 heterocycles. The molecule has 40 heavy (non-hydrogen) atoms. The van der Waals surface area contributed by atoms with Crippen molar-refractivity contribution in [3.8, 4) is 0 Å². The Hall–Kier alpha value is -2.80. The Morgan fingerprint density at radius 3 is 2.62 bits per heavy atom. The average molecular weight is 605 g/mol. The molecule has 0 unspecified atom stereocenters. The Morgan fingerprint density at radius 2 is 2.00 bits per heavy atom. The monoisotopic (exact) mass is 604 g/mol. The van der Waals surface area contributed by atoms with Crippen molar-refractivity contribution in [2.75, 3.05) is 24.7 Å². The summed E-state index contributed by atoms with van der Waals surface area (Å²) in [7, 11) is -4.26. The smallest absolute Gasteiger partial charge is 0.255 e. The minimum absolute atomic E-state index is 0.00357. The van der Waals surface area contributed by atoms with Crippen molar-refractivity contribution in [2.45, 2.75) is 63.1 Å². The lowest BCUT2D eigenvalue weighted by Gasteiger charge is -2.53. The van der Waals surface area contributed by atoms with Gasteiger partial charge in [0.05, 0.1) is 18.5 Å². The molecule has 2 bridgehead atoms. The Balaban J connectivity index is 1.59. The SMILES string of the molecule is Cc1c(Cl)cccc1NCC(=O)N1[C@H]2CC[C@@H]([C@@H]1C(=O)N[C@@H](/C=C(\F)S(C)(=O)=O)C[C@@H]1CCNC1=O)C(F)(F)C2. The quantitative estimate of drug-likeness (QED) is 0.398. The van der Waals surface area contributed by atoms with Gasteiger partial charge >= 0.3 is 0 Å². The summed E-state index contributed by atoms with van der Waals surface area (Å²) in [5, 5.41) is 7.01. The summed E-state index contributed by atoms with van der Waals surface area (Å²) in [5.74, 6) is -7.20. The predicted octanol–water partition coefficient (Wildman–Crippen LogP) is 2.94. The lowest BCUT2D eigenvalue weighted by atomic mass is 9.71. The second-order valence-corrected chi connectivity index (χ2v) is 13.0. The molecule has 4 aliphatic rings. The maximum absolute atomic E-state index is 15.0. The fraction of sp³-hybridized carbons (Fsp3) is 0.577. The Morgan fingerprint density at radius 1 is 1.27 bits per heavy atom. The molecule has 1 aromatic carbocycles. The van der Waals surface area contributed by atoms with Crippen LogP contribution in [0, 0.1) is 18.8 Å². The molecule has 3 saturated heterocycles. The first-order valence-electron chi connectivity index (χ1n) is 13.0. The fourth-order valence-corrected chi connectivity index (χ4v) is 6.41. The fourth-order valence-electron chi connectivity index (χ4n) is 5.82. The van der Waals surface area contributed by atoms with Crippen LogP contribution in [0.15, 0.2) is 29.4 Å². The van der Waals surface area contributed by atoms with E-state index >= 15 is 8.78 Å². The van der Waals surface area contributed by atoms with Crippen LogP contribution in [-0.2, 0) is 24.2 Å². The number of sulfone groups is 1. The van der Waals surface area contributed by atoms with Crippen LogP contribution in [0.3, 0.4) is 0 Å². The van der Waals surface area contributed by atoms with E-state index in [2.05, 4.69) is 16.0 Å². The molecule has 1 saturated carbocycles. The van der Waals surface area contributed by atoms with Gasteiger partial charge in [0.1, 0.15) is 6.04 Å². The van der Waals surface area contributed by atoms with Gasteiger partial charge in [-0.3, -0.25) is 14.4 Å². The largest absolute Gasteiger partial charge is 0.376 e. The first-order chi connectivity index (χ1) is 18.7. The highest BCUT2D eigenvalue weighted by Gasteiger charge is 2.60. The number of amides is 3. The van der Waals surface area contributed by atoms with Gasteiger partial charge in [-0.1, -0.05) is 17.7 Å². The van der Waals surface area contributed by atoms with Gasteiger partial charge in [0.2, 0.25) is 32.7 Å². The van der Waals surface area contributed by atoms with Crippen LogP contribution >= 0.6 is 11.6 Å². The summed E-state index contributed by atoms with van der Waals surface area (Å²) in [5.41, 5.74) is 1.27. The van der Waals surface area contributed by atoms with Crippen molar-refractivity contribution < 1.29 is 36.0 Å². The van der Waals surface area contributed by atoms with Gasteiger partial charge in [0, 0.05) is 41.9 Å². The summed E-state index contributed by atoms with van der Waals surface area (Å²) < 4.78 is 67.9. The van der Waals surface area contributed by atoms with Crippen LogP contribution in [0.25, 0.3) is 0 Å². The van der Waals surface area contributed by atoms with Crippen LogP contribution in [0.2, 0.25) is 5.02 Å². The third-order valence-electron chi connectivity index (χ3n) is 7.91. The molecule has 1 aromatic rings. The number of piperidine rings is 2. The van der Waals surface area contributed by atoms with E-state index in [9.17, 15) is 27.2 Å². The second-order valence-electron chi connectivity index (χ2n) is 10.7. The van der Waals surface area contributed by atoms with Gasteiger partial charge in [0.15, 0.2) is 0 Å². The molecule has 0 radical (unpaired) electrons. The third kappa shape index (κ3) is 6.40. The highest BCUT2D eigenvalue weighted by molar-refractivity contribution is 7.94. The predicted molar refractivity (Wildman–Crippen MR) is 143 cm³/mol. The number of halogens is 4. The number of carbonyl (C=O) groups excluding carboxylic acids is 3. The summed E-state index contributed by atoms with van der Waals surface area (Å²) in [6.07, 6.45) is 1.27. The Kier molecular flexibility index (Phi) is 8.74. The lowest BCUT2D eigenvalue weighted by Crippen LogP contribution is -2.69. The van der Waals surface area contributed by atoms with Crippen LogP contribution < -0.4 is 16.0 Å². The van der Waals surface area contributed by atoms with Crippen LogP contribution in [0.5, 0.6) is 0 Å². The molecule has 3 N–H and O–H groups in total. The molecule has 1 aliphatic carbocycles. The summed E-state index contributed by atoms with van der Waals surface area (Å²) in [6, 6.07) is 1.34. The van der Waals surface area contributed by atoms with E-state index in [1.165, 1.54) is 4.90 Å². The number of alkyl halides is 2. The third-order valence-corrected chi connectivity index (χ3v) is 9.16. The van der Waals surface area contributed by atoms with Crippen molar-refractivity contribution in [3.05, 3.63) is 40.0 Å². The molecule has 3 amide bonds. The zero-order chi connectivity index (χ0) is 29.4. The van der Waals surface area contributed by atoms with Crippen molar-refractivity contribution in [1.82, 2.24) is 15.5 Å². The normalized spacial score (nSPS) is 26.8. The number of carbonyl (C=O) groups is 3. The number of anilines is 1. The maximum Gasteiger partial charge on any atom is 0.255 e. The van der Waals surface area contributed by atoms with Gasteiger partial charge in [-0.05, 0) is 56.4 Å². The minimum Gasteiger partial charge on any atom is -0.376 e. The van der Waals surface area contributed by atoms with E-state index in [4.69, 9.17) is 11.6 Å². The van der Waals surface area contributed by atoms with E-state index in [0.717, 1.165) is 0 Å². The molecule has 220 valence electrons. The minimum atomic E-state index is -4.26. The van der Waals surface area contributed by atoms with E-state index < -0.39 is 69.1 Å². The van der Waals surface area contributed by atoms with Crippen LogP contribution in [-0.4, -0.2) is 74.4 Å². The molecule has 0 aromatic heterocycles. The van der Waals surface area contributed by atoms with Gasteiger partial charge in [0.25, 0.3) is 5.92 Å². The molecule has 9 nitrogen and oxygen atoms in total. The summed E-state index contributed by atoms with van der Waals surface area (Å²) in [6.45, 7) is 1.83.